The van der Waals surface area contributed by atoms with Crippen LogP contribution in [0.25, 0.3) is 0 Å². The molecule has 0 aliphatic carbocycles. The number of nitrogens with zero attached hydrogens (tertiary/aromatic N) is 1. The summed E-state index contributed by atoms with van der Waals surface area (Å²) in [6.45, 7) is 2.61. The molecule has 0 radical (unpaired) electrons. The monoisotopic (exact) mass is 393 g/mol. The lowest BCUT2D eigenvalue weighted by atomic mass is 10.2. The molecule has 1 heterocycles. The molecule has 1 aliphatic heterocycles. The molecule has 1 aromatic rings. The van der Waals surface area contributed by atoms with Gasteiger partial charge in [0.05, 0.1) is 16.3 Å². The number of nitrogens with one attached hydrogen (secondary N) is 2. The number of halogens is 1. The summed E-state index contributed by atoms with van der Waals surface area (Å²) in [5, 5.41) is 2.96. The van der Waals surface area contributed by atoms with E-state index in [0.717, 1.165) is 25.0 Å². The molecule has 2 N–H and O–H groups in total. The number of hydrogen-bond donors (Lipinski definition) is 2. The first-order valence-corrected chi connectivity index (χ1v) is 11.3. The van der Waals surface area contributed by atoms with Crippen LogP contribution in [-0.4, -0.2) is 53.1 Å². The quantitative estimate of drug-likeness (QED) is 0.695. The number of benzene rings is 1. The standard InChI is InChI=1S/C15H24FN3O4S2/c1-3-9-24(20,21)18-15-7-6-13(10-14(15)16)25(22,23)19-8-4-5-12(19)11-17-2/h6-7,10,12,17-18H,3-5,8-9,11H2,1-2H3. The summed E-state index contributed by atoms with van der Waals surface area (Å²) in [7, 11) is -5.72. The fraction of sp³-hybridized carbons (Fsp3) is 0.600. The molecule has 1 atom stereocenters. The second-order valence-corrected chi connectivity index (χ2v) is 9.76. The summed E-state index contributed by atoms with van der Waals surface area (Å²) < 4.78 is 66.8. The van der Waals surface area contributed by atoms with Gasteiger partial charge in [0.2, 0.25) is 20.0 Å². The minimum Gasteiger partial charge on any atom is -0.318 e. The minimum absolute atomic E-state index is 0.133. The third-order valence-corrected chi connectivity index (χ3v) is 7.47. The molecule has 1 unspecified atom stereocenters. The van der Waals surface area contributed by atoms with Gasteiger partial charge in [0.15, 0.2) is 0 Å². The fourth-order valence-corrected chi connectivity index (χ4v) is 5.77. The molecule has 2 rings (SSSR count). The van der Waals surface area contributed by atoms with Crippen LogP contribution in [0.5, 0.6) is 0 Å². The largest absolute Gasteiger partial charge is 0.318 e. The molecule has 7 nitrogen and oxygen atoms in total. The van der Waals surface area contributed by atoms with Crippen LogP contribution in [-0.2, 0) is 20.0 Å². The van der Waals surface area contributed by atoms with Crippen molar-refractivity contribution in [2.75, 3.05) is 30.6 Å². The molecule has 0 spiro atoms. The number of anilines is 1. The van der Waals surface area contributed by atoms with E-state index >= 15 is 0 Å². The van der Waals surface area contributed by atoms with Gasteiger partial charge in [-0.2, -0.15) is 4.31 Å². The normalized spacial score (nSPS) is 19.2. The Labute approximate surface area is 148 Å². The topological polar surface area (TPSA) is 95.6 Å². The lowest BCUT2D eigenvalue weighted by Crippen LogP contribution is -2.40. The van der Waals surface area contributed by atoms with E-state index in [1.54, 1.807) is 14.0 Å². The molecule has 10 heteroatoms. The summed E-state index contributed by atoms with van der Waals surface area (Å²) in [6.07, 6.45) is 1.89. The molecule has 1 saturated heterocycles. The highest BCUT2D eigenvalue weighted by Gasteiger charge is 2.35. The van der Waals surface area contributed by atoms with E-state index in [9.17, 15) is 21.2 Å². The van der Waals surface area contributed by atoms with Crippen LogP contribution in [0.3, 0.4) is 0 Å². The SMILES string of the molecule is CCCS(=O)(=O)Nc1ccc(S(=O)(=O)N2CCCC2CNC)cc1F. The van der Waals surface area contributed by atoms with Gasteiger partial charge in [-0.3, -0.25) is 4.72 Å². The van der Waals surface area contributed by atoms with Gasteiger partial charge >= 0.3 is 0 Å². The second-order valence-electron chi connectivity index (χ2n) is 6.03. The van der Waals surface area contributed by atoms with Gasteiger partial charge in [-0.15, -0.1) is 0 Å². The number of hydrogen-bond acceptors (Lipinski definition) is 5. The van der Waals surface area contributed by atoms with Gasteiger partial charge in [-0.25, -0.2) is 21.2 Å². The van der Waals surface area contributed by atoms with Crippen LogP contribution < -0.4 is 10.0 Å². The number of rotatable bonds is 8. The van der Waals surface area contributed by atoms with Crippen LogP contribution >= 0.6 is 0 Å². The molecule has 0 saturated carbocycles. The van der Waals surface area contributed by atoms with E-state index in [4.69, 9.17) is 0 Å². The first-order chi connectivity index (χ1) is 11.7. The summed E-state index contributed by atoms with van der Waals surface area (Å²) in [4.78, 5) is -0.175. The Kier molecular flexibility index (Phi) is 6.41. The smallest absolute Gasteiger partial charge is 0.243 e. The lowest BCUT2D eigenvalue weighted by molar-refractivity contribution is 0.379. The molecule has 1 aromatic carbocycles. The Balaban J connectivity index is 2.27. The molecule has 1 fully saturated rings. The zero-order valence-corrected chi connectivity index (χ0v) is 16.0. The summed E-state index contributed by atoms with van der Waals surface area (Å²) in [6, 6.07) is 3.09. The highest BCUT2D eigenvalue weighted by atomic mass is 32.2. The molecular formula is C15H24FN3O4S2. The zero-order chi connectivity index (χ0) is 18.7. The van der Waals surface area contributed by atoms with Gasteiger partial charge < -0.3 is 5.32 Å². The van der Waals surface area contributed by atoms with E-state index < -0.39 is 25.9 Å². The van der Waals surface area contributed by atoms with Crippen molar-refractivity contribution < 1.29 is 21.2 Å². The lowest BCUT2D eigenvalue weighted by Gasteiger charge is -2.24. The summed E-state index contributed by atoms with van der Waals surface area (Å²) >= 11 is 0. The van der Waals surface area contributed by atoms with Crippen molar-refractivity contribution in [2.24, 2.45) is 0 Å². The molecule has 0 bridgehead atoms. The number of likely N-dealkylation sites (N-methyl/N-ethyl adjacent to an activating group) is 1. The van der Waals surface area contributed by atoms with Crippen LogP contribution in [0, 0.1) is 5.82 Å². The van der Waals surface area contributed by atoms with E-state index in [0.29, 0.717) is 19.5 Å². The van der Waals surface area contributed by atoms with Crippen LogP contribution in [0.4, 0.5) is 10.1 Å². The second kappa shape index (κ2) is 7.98. The first-order valence-electron chi connectivity index (χ1n) is 8.17. The van der Waals surface area contributed by atoms with Crippen molar-refractivity contribution >= 4 is 25.7 Å². The average Bonchev–Trinajstić information content (AvgIpc) is 2.98. The summed E-state index contributed by atoms with van der Waals surface area (Å²) in [5.41, 5.74) is -0.249. The first kappa shape index (κ1) is 20.1. The maximum absolute atomic E-state index is 14.3. The number of sulfonamides is 2. The molecular weight excluding hydrogens is 369 g/mol. The molecule has 1 aliphatic rings. The Hall–Kier alpha value is -1.23. The van der Waals surface area contributed by atoms with Gasteiger partial charge in [-0.05, 0) is 44.5 Å². The van der Waals surface area contributed by atoms with Gasteiger partial charge in [-0.1, -0.05) is 6.92 Å². The molecule has 0 amide bonds. The van der Waals surface area contributed by atoms with Crippen molar-refractivity contribution in [1.29, 1.82) is 0 Å². The highest BCUT2D eigenvalue weighted by molar-refractivity contribution is 7.92. The Morgan fingerprint density at radius 2 is 2.00 bits per heavy atom. The molecule has 0 aromatic heterocycles. The van der Waals surface area contributed by atoms with Gasteiger partial charge in [0.1, 0.15) is 5.82 Å². The zero-order valence-electron chi connectivity index (χ0n) is 14.3. The van der Waals surface area contributed by atoms with Crippen molar-refractivity contribution in [1.82, 2.24) is 9.62 Å². The van der Waals surface area contributed by atoms with Crippen LogP contribution in [0.15, 0.2) is 23.1 Å². The van der Waals surface area contributed by atoms with Gasteiger partial charge in [0, 0.05) is 19.1 Å². The van der Waals surface area contributed by atoms with Crippen molar-refractivity contribution in [3.8, 4) is 0 Å². The van der Waals surface area contributed by atoms with Crippen LogP contribution in [0.1, 0.15) is 26.2 Å². The van der Waals surface area contributed by atoms with Crippen molar-refractivity contribution in [3.63, 3.8) is 0 Å². The molecule has 142 valence electrons. The predicted octanol–water partition coefficient (Wildman–Crippen LogP) is 1.35. The Morgan fingerprint density at radius 1 is 1.28 bits per heavy atom. The van der Waals surface area contributed by atoms with E-state index in [-0.39, 0.29) is 22.4 Å². The van der Waals surface area contributed by atoms with E-state index in [2.05, 4.69) is 10.0 Å². The third kappa shape index (κ3) is 4.69. The van der Waals surface area contributed by atoms with Crippen LogP contribution in [0.2, 0.25) is 0 Å². The van der Waals surface area contributed by atoms with E-state index in [1.165, 1.54) is 10.4 Å². The van der Waals surface area contributed by atoms with Crippen molar-refractivity contribution in [3.05, 3.63) is 24.0 Å². The Morgan fingerprint density at radius 3 is 2.60 bits per heavy atom. The van der Waals surface area contributed by atoms with Gasteiger partial charge in [0.25, 0.3) is 0 Å². The maximum Gasteiger partial charge on any atom is 0.243 e. The maximum atomic E-state index is 14.3. The summed E-state index contributed by atoms with van der Waals surface area (Å²) in [5.74, 6) is -1.04. The predicted molar refractivity (Wildman–Crippen MR) is 94.9 cm³/mol. The van der Waals surface area contributed by atoms with E-state index in [1.807, 2.05) is 0 Å². The third-order valence-electron chi connectivity index (χ3n) is 4.05. The highest BCUT2D eigenvalue weighted by Crippen LogP contribution is 2.28. The fourth-order valence-electron chi connectivity index (χ4n) is 2.93. The van der Waals surface area contributed by atoms with Crippen molar-refractivity contribution in [2.45, 2.75) is 37.1 Å². The Bertz CT molecular complexity index is 812. The minimum atomic E-state index is -3.83. The average molecular weight is 394 g/mol. The molecule has 25 heavy (non-hydrogen) atoms.